The van der Waals surface area contributed by atoms with E-state index >= 15 is 0 Å². The summed E-state index contributed by atoms with van der Waals surface area (Å²) in [7, 11) is 1.56. The van der Waals surface area contributed by atoms with E-state index in [4.69, 9.17) is 21.1 Å². The first-order valence-corrected chi connectivity index (χ1v) is 6.96. The molecule has 1 aromatic heterocycles. The van der Waals surface area contributed by atoms with Crippen LogP contribution in [-0.4, -0.2) is 17.0 Å². The zero-order valence-electron chi connectivity index (χ0n) is 12.4. The maximum Gasteiger partial charge on any atom is 0.271 e. The van der Waals surface area contributed by atoms with Gasteiger partial charge in [-0.2, -0.15) is 0 Å². The lowest BCUT2D eigenvalue weighted by atomic mass is 10.1. The molecule has 6 nitrogen and oxygen atoms in total. The topological polar surface area (TPSA) is 74.5 Å². The quantitative estimate of drug-likeness (QED) is 0.595. The second-order valence-corrected chi connectivity index (χ2v) is 5.31. The van der Waals surface area contributed by atoms with Crippen LogP contribution in [-0.2, 0) is 0 Å². The Bertz CT molecular complexity index is 704. The third-order valence-electron chi connectivity index (χ3n) is 3.02. The Morgan fingerprint density at radius 1 is 1.32 bits per heavy atom. The summed E-state index contributed by atoms with van der Waals surface area (Å²) in [4.78, 5) is 14.4. The van der Waals surface area contributed by atoms with Crippen LogP contribution >= 0.6 is 11.6 Å². The highest BCUT2D eigenvalue weighted by atomic mass is 35.5. The number of halogens is 1. The Morgan fingerprint density at radius 3 is 2.59 bits per heavy atom. The number of rotatable bonds is 5. The number of hydrogen-bond donors (Lipinski definition) is 0. The van der Waals surface area contributed by atoms with Gasteiger partial charge >= 0.3 is 0 Å². The normalized spacial score (nSPS) is 10.6. The van der Waals surface area contributed by atoms with Crippen molar-refractivity contribution < 1.29 is 14.4 Å². The number of methoxy groups -OCH3 is 1. The van der Waals surface area contributed by atoms with Gasteiger partial charge in [0.1, 0.15) is 11.5 Å². The molecule has 2 aromatic rings. The van der Waals surface area contributed by atoms with E-state index in [1.54, 1.807) is 7.11 Å². The first kappa shape index (κ1) is 16.0. The molecule has 0 fully saturated rings. The van der Waals surface area contributed by atoms with Crippen LogP contribution in [0.2, 0.25) is 5.02 Å². The molecule has 0 aliphatic heterocycles. The van der Waals surface area contributed by atoms with E-state index in [2.05, 4.69) is 4.98 Å². The Balaban J connectivity index is 2.31. The van der Waals surface area contributed by atoms with Gasteiger partial charge in [0.25, 0.3) is 5.69 Å². The summed E-state index contributed by atoms with van der Waals surface area (Å²) in [5.74, 6) is 1.56. The van der Waals surface area contributed by atoms with Gasteiger partial charge in [0.05, 0.1) is 23.3 Å². The molecule has 0 spiro atoms. The van der Waals surface area contributed by atoms with Gasteiger partial charge in [-0.25, -0.2) is 4.98 Å². The van der Waals surface area contributed by atoms with Gasteiger partial charge in [-0.15, -0.1) is 0 Å². The van der Waals surface area contributed by atoms with Gasteiger partial charge in [0.15, 0.2) is 0 Å². The second-order valence-electron chi connectivity index (χ2n) is 4.90. The maximum atomic E-state index is 10.7. The van der Waals surface area contributed by atoms with Gasteiger partial charge in [-0.05, 0) is 18.1 Å². The smallest absolute Gasteiger partial charge is 0.271 e. The Hall–Kier alpha value is -2.34. The van der Waals surface area contributed by atoms with E-state index in [1.165, 1.54) is 24.4 Å². The third kappa shape index (κ3) is 3.46. The van der Waals surface area contributed by atoms with Crippen molar-refractivity contribution in [1.82, 2.24) is 4.98 Å². The van der Waals surface area contributed by atoms with Crippen molar-refractivity contribution in [2.75, 3.05) is 7.11 Å². The highest BCUT2D eigenvalue weighted by Crippen LogP contribution is 2.34. The van der Waals surface area contributed by atoms with Crippen molar-refractivity contribution in [2.24, 2.45) is 0 Å². The summed E-state index contributed by atoms with van der Waals surface area (Å²) in [6.45, 7) is 4.03. The molecule has 0 bridgehead atoms. The van der Waals surface area contributed by atoms with Crippen molar-refractivity contribution in [2.45, 2.75) is 19.8 Å². The predicted octanol–water partition coefficient (Wildman–Crippen LogP) is 4.57. The van der Waals surface area contributed by atoms with Crippen LogP contribution in [0.5, 0.6) is 17.4 Å². The Labute approximate surface area is 132 Å². The van der Waals surface area contributed by atoms with Gasteiger partial charge < -0.3 is 9.47 Å². The molecule has 0 amide bonds. The molecule has 0 atom stereocenters. The zero-order valence-corrected chi connectivity index (χ0v) is 13.1. The summed E-state index contributed by atoms with van der Waals surface area (Å²) in [6, 6.07) is 5.85. The average molecular weight is 323 g/mol. The molecule has 2 rings (SSSR count). The van der Waals surface area contributed by atoms with Crippen LogP contribution < -0.4 is 9.47 Å². The number of ether oxygens (including phenoxy) is 2. The summed E-state index contributed by atoms with van der Waals surface area (Å²) < 4.78 is 10.9. The fourth-order valence-electron chi connectivity index (χ4n) is 1.90. The summed E-state index contributed by atoms with van der Waals surface area (Å²) in [6.07, 6.45) is 1.52. The van der Waals surface area contributed by atoms with Crippen molar-refractivity contribution in [3.05, 3.63) is 51.2 Å². The number of nitrogens with zero attached hydrogens (tertiary/aromatic N) is 2. The lowest BCUT2D eigenvalue weighted by Gasteiger charge is -2.13. The summed E-state index contributed by atoms with van der Waals surface area (Å²) in [5, 5.41) is 10.9. The standard InChI is InChI=1S/C15H15ClN2O4/c1-9(2)12-7-11(8-17-15(12)21-3)22-14-5-4-10(18(19)20)6-13(14)16/h4-9H,1-3H3. The van der Waals surface area contributed by atoms with Gasteiger partial charge in [-0.1, -0.05) is 25.4 Å². The van der Waals surface area contributed by atoms with Gasteiger partial charge in [0, 0.05) is 17.7 Å². The molecule has 0 saturated carbocycles. The zero-order chi connectivity index (χ0) is 16.3. The largest absolute Gasteiger partial charge is 0.481 e. The molecule has 0 radical (unpaired) electrons. The van der Waals surface area contributed by atoms with Gasteiger partial charge in [0.2, 0.25) is 5.88 Å². The highest BCUT2D eigenvalue weighted by molar-refractivity contribution is 6.32. The summed E-state index contributed by atoms with van der Waals surface area (Å²) >= 11 is 6.01. The van der Waals surface area contributed by atoms with E-state index < -0.39 is 4.92 Å². The number of nitro benzene ring substituents is 1. The van der Waals surface area contributed by atoms with Crippen LogP contribution in [0.25, 0.3) is 0 Å². The van der Waals surface area contributed by atoms with Crippen molar-refractivity contribution in [3.63, 3.8) is 0 Å². The molecule has 0 saturated heterocycles. The molecular weight excluding hydrogens is 308 g/mol. The number of pyridine rings is 1. The van der Waals surface area contributed by atoms with Gasteiger partial charge in [-0.3, -0.25) is 10.1 Å². The van der Waals surface area contributed by atoms with Crippen LogP contribution in [0.1, 0.15) is 25.3 Å². The fourth-order valence-corrected chi connectivity index (χ4v) is 2.12. The van der Waals surface area contributed by atoms with Crippen molar-refractivity contribution in [1.29, 1.82) is 0 Å². The van der Waals surface area contributed by atoms with E-state index in [0.717, 1.165) is 5.56 Å². The molecule has 116 valence electrons. The van der Waals surface area contributed by atoms with E-state index in [9.17, 15) is 10.1 Å². The molecule has 1 aromatic carbocycles. The molecule has 7 heteroatoms. The van der Waals surface area contributed by atoms with Crippen LogP contribution in [0.3, 0.4) is 0 Å². The molecule has 1 heterocycles. The minimum Gasteiger partial charge on any atom is -0.481 e. The third-order valence-corrected chi connectivity index (χ3v) is 3.32. The lowest BCUT2D eigenvalue weighted by molar-refractivity contribution is -0.384. The predicted molar refractivity (Wildman–Crippen MR) is 83.1 cm³/mol. The molecular formula is C15H15ClN2O4. The molecule has 0 aliphatic rings. The molecule has 0 unspecified atom stereocenters. The second kappa shape index (κ2) is 6.62. The summed E-state index contributed by atoms with van der Waals surface area (Å²) in [5.41, 5.74) is 0.811. The SMILES string of the molecule is COc1ncc(Oc2ccc([N+](=O)[O-])cc2Cl)cc1C(C)C. The van der Waals surface area contributed by atoms with Crippen LogP contribution in [0.15, 0.2) is 30.5 Å². The fraction of sp³-hybridized carbons (Fsp3) is 0.267. The first-order chi connectivity index (χ1) is 10.4. The lowest BCUT2D eigenvalue weighted by Crippen LogP contribution is -1.98. The molecule has 0 N–H and O–H groups in total. The number of aromatic nitrogens is 1. The number of benzene rings is 1. The maximum absolute atomic E-state index is 10.7. The molecule has 22 heavy (non-hydrogen) atoms. The van der Waals surface area contributed by atoms with Crippen LogP contribution in [0.4, 0.5) is 5.69 Å². The average Bonchev–Trinajstić information content (AvgIpc) is 2.48. The minimum atomic E-state index is -0.512. The van der Waals surface area contributed by atoms with Crippen molar-refractivity contribution >= 4 is 17.3 Å². The number of non-ortho nitro benzene ring substituents is 1. The minimum absolute atomic E-state index is 0.0897. The first-order valence-electron chi connectivity index (χ1n) is 6.58. The highest BCUT2D eigenvalue weighted by Gasteiger charge is 2.14. The van der Waals surface area contributed by atoms with E-state index in [-0.39, 0.29) is 16.6 Å². The van der Waals surface area contributed by atoms with E-state index in [0.29, 0.717) is 17.4 Å². The molecule has 0 aliphatic carbocycles. The Morgan fingerprint density at radius 2 is 2.05 bits per heavy atom. The number of hydrogen-bond acceptors (Lipinski definition) is 5. The Kier molecular flexibility index (Phi) is 4.82. The van der Waals surface area contributed by atoms with Crippen LogP contribution in [0, 0.1) is 10.1 Å². The van der Waals surface area contributed by atoms with Crippen molar-refractivity contribution in [3.8, 4) is 17.4 Å². The van der Waals surface area contributed by atoms with E-state index in [1.807, 2.05) is 19.9 Å². The monoisotopic (exact) mass is 322 g/mol. The number of nitro groups is 1.